The standard InChI is InChI=1S/C12H15N3S/c1-8(6-9-2-3-9)15-12-11-10(4-5-16-11)13-7-14-12/h4-5,7-9H,2-3,6H2,1H3,(H,13,14,15). The summed E-state index contributed by atoms with van der Waals surface area (Å²) in [6.45, 7) is 2.24. The van der Waals surface area contributed by atoms with Crippen LogP contribution in [0.3, 0.4) is 0 Å². The molecule has 2 heterocycles. The van der Waals surface area contributed by atoms with Crippen LogP contribution in [-0.4, -0.2) is 16.0 Å². The summed E-state index contributed by atoms with van der Waals surface area (Å²) in [5.41, 5.74) is 1.04. The highest BCUT2D eigenvalue weighted by Crippen LogP contribution is 2.34. The third-order valence-corrected chi connectivity index (χ3v) is 3.92. The predicted octanol–water partition coefficient (Wildman–Crippen LogP) is 3.29. The second kappa shape index (κ2) is 4.01. The fourth-order valence-corrected chi connectivity index (χ4v) is 2.84. The molecule has 0 amide bonds. The average molecular weight is 233 g/mol. The van der Waals surface area contributed by atoms with Crippen LogP contribution in [-0.2, 0) is 0 Å². The number of thiophene rings is 1. The van der Waals surface area contributed by atoms with Crippen molar-refractivity contribution in [2.45, 2.75) is 32.2 Å². The monoisotopic (exact) mass is 233 g/mol. The largest absolute Gasteiger partial charge is 0.366 e. The second-order valence-corrected chi connectivity index (χ2v) is 5.50. The van der Waals surface area contributed by atoms with Crippen LogP contribution in [0.15, 0.2) is 17.8 Å². The van der Waals surface area contributed by atoms with E-state index in [-0.39, 0.29) is 0 Å². The predicted molar refractivity (Wildman–Crippen MR) is 67.8 cm³/mol. The van der Waals surface area contributed by atoms with Crippen LogP contribution in [0.4, 0.5) is 5.82 Å². The second-order valence-electron chi connectivity index (χ2n) is 4.58. The van der Waals surface area contributed by atoms with Gasteiger partial charge in [0, 0.05) is 6.04 Å². The Labute approximate surface area is 98.9 Å². The molecule has 1 aliphatic rings. The van der Waals surface area contributed by atoms with Crippen LogP contribution >= 0.6 is 11.3 Å². The minimum atomic E-state index is 0.507. The number of aromatic nitrogens is 2. The molecule has 1 unspecified atom stereocenters. The van der Waals surface area contributed by atoms with Gasteiger partial charge in [0.2, 0.25) is 0 Å². The van der Waals surface area contributed by atoms with E-state index >= 15 is 0 Å². The van der Waals surface area contributed by atoms with Gasteiger partial charge in [-0.3, -0.25) is 0 Å². The van der Waals surface area contributed by atoms with Gasteiger partial charge in [0.05, 0.1) is 10.2 Å². The fraction of sp³-hybridized carbons (Fsp3) is 0.500. The van der Waals surface area contributed by atoms with Gasteiger partial charge in [0.15, 0.2) is 0 Å². The Morgan fingerprint density at radius 2 is 2.38 bits per heavy atom. The van der Waals surface area contributed by atoms with Gasteiger partial charge >= 0.3 is 0 Å². The van der Waals surface area contributed by atoms with Gasteiger partial charge in [-0.15, -0.1) is 11.3 Å². The summed E-state index contributed by atoms with van der Waals surface area (Å²) in [5.74, 6) is 1.94. The van der Waals surface area contributed by atoms with Crippen molar-refractivity contribution in [2.24, 2.45) is 5.92 Å². The van der Waals surface area contributed by atoms with Crippen LogP contribution in [0.2, 0.25) is 0 Å². The number of nitrogens with zero attached hydrogens (tertiary/aromatic N) is 2. The number of anilines is 1. The van der Waals surface area contributed by atoms with E-state index in [0.29, 0.717) is 6.04 Å². The molecular formula is C12H15N3S. The number of hydrogen-bond acceptors (Lipinski definition) is 4. The average Bonchev–Trinajstić information content (AvgIpc) is 2.94. The van der Waals surface area contributed by atoms with E-state index in [0.717, 1.165) is 17.3 Å². The number of hydrogen-bond donors (Lipinski definition) is 1. The minimum absolute atomic E-state index is 0.507. The maximum atomic E-state index is 4.33. The summed E-state index contributed by atoms with van der Waals surface area (Å²) >= 11 is 1.70. The highest BCUT2D eigenvalue weighted by Gasteiger charge is 2.23. The van der Waals surface area contributed by atoms with E-state index in [2.05, 4.69) is 27.6 Å². The first-order chi connectivity index (χ1) is 7.83. The Kier molecular flexibility index (Phi) is 2.52. The van der Waals surface area contributed by atoms with Crippen molar-refractivity contribution in [2.75, 3.05) is 5.32 Å². The molecule has 0 saturated heterocycles. The van der Waals surface area contributed by atoms with Gasteiger partial charge in [-0.05, 0) is 30.7 Å². The van der Waals surface area contributed by atoms with Crippen molar-refractivity contribution < 1.29 is 0 Å². The molecule has 1 N–H and O–H groups in total. The van der Waals surface area contributed by atoms with Crippen LogP contribution in [0.1, 0.15) is 26.2 Å². The van der Waals surface area contributed by atoms with Crippen molar-refractivity contribution in [3.63, 3.8) is 0 Å². The highest BCUT2D eigenvalue weighted by molar-refractivity contribution is 7.17. The molecule has 1 fully saturated rings. The Balaban J connectivity index is 1.79. The van der Waals surface area contributed by atoms with Crippen LogP contribution < -0.4 is 5.32 Å². The number of rotatable bonds is 4. The molecule has 84 valence electrons. The minimum Gasteiger partial charge on any atom is -0.366 e. The molecule has 3 rings (SSSR count). The van der Waals surface area contributed by atoms with Crippen molar-refractivity contribution in [1.82, 2.24) is 9.97 Å². The highest BCUT2D eigenvalue weighted by atomic mass is 32.1. The molecule has 0 aromatic carbocycles. The van der Waals surface area contributed by atoms with E-state index in [1.807, 2.05) is 6.07 Å². The quantitative estimate of drug-likeness (QED) is 0.880. The summed E-state index contributed by atoms with van der Waals surface area (Å²) in [4.78, 5) is 8.58. The molecular weight excluding hydrogens is 218 g/mol. The van der Waals surface area contributed by atoms with Crippen molar-refractivity contribution in [3.8, 4) is 0 Å². The number of nitrogens with one attached hydrogen (secondary N) is 1. The van der Waals surface area contributed by atoms with Gasteiger partial charge in [-0.25, -0.2) is 9.97 Å². The zero-order chi connectivity index (χ0) is 11.0. The molecule has 2 aromatic heterocycles. The molecule has 0 bridgehead atoms. The molecule has 16 heavy (non-hydrogen) atoms. The van der Waals surface area contributed by atoms with E-state index < -0.39 is 0 Å². The zero-order valence-electron chi connectivity index (χ0n) is 9.31. The third kappa shape index (κ3) is 2.02. The number of fused-ring (bicyclic) bond motifs is 1. The van der Waals surface area contributed by atoms with Crippen LogP contribution in [0.5, 0.6) is 0 Å². The lowest BCUT2D eigenvalue weighted by molar-refractivity contribution is 0.641. The molecule has 0 aliphatic heterocycles. The lowest BCUT2D eigenvalue weighted by atomic mass is 10.1. The van der Waals surface area contributed by atoms with Gasteiger partial charge < -0.3 is 5.32 Å². The van der Waals surface area contributed by atoms with Crippen LogP contribution in [0.25, 0.3) is 10.2 Å². The third-order valence-electron chi connectivity index (χ3n) is 3.01. The van der Waals surface area contributed by atoms with Gasteiger partial charge in [-0.1, -0.05) is 12.8 Å². The van der Waals surface area contributed by atoms with Gasteiger partial charge in [-0.2, -0.15) is 0 Å². The zero-order valence-corrected chi connectivity index (χ0v) is 10.1. The molecule has 0 spiro atoms. The van der Waals surface area contributed by atoms with E-state index in [1.54, 1.807) is 17.7 Å². The smallest absolute Gasteiger partial charge is 0.147 e. The lowest BCUT2D eigenvalue weighted by Gasteiger charge is -2.14. The Hall–Kier alpha value is -1.16. The molecule has 3 nitrogen and oxygen atoms in total. The Morgan fingerprint density at radius 1 is 1.50 bits per heavy atom. The first-order valence-electron chi connectivity index (χ1n) is 5.77. The Morgan fingerprint density at radius 3 is 3.19 bits per heavy atom. The van der Waals surface area contributed by atoms with E-state index in [4.69, 9.17) is 0 Å². The molecule has 1 aliphatic carbocycles. The summed E-state index contributed by atoms with van der Waals surface area (Å²) in [6, 6.07) is 2.55. The van der Waals surface area contributed by atoms with Crippen molar-refractivity contribution in [1.29, 1.82) is 0 Å². The summed E-state index contributed by atoms with van der Waals surface area (Å²) in [5, 5.41) is 5.57. The molecule has 1 atom stereocenters. The summed E-state index contributed by atoms with van der Waals surface area (Å²) < 4.78 is 1.17. The van der Waals surface area contributed by atoms with E-state index in [1.165, 1.54) is 24.0 Å². The Bertz CT molecular complexity index is 490. The topological polar surface area (TPSA) is 37.8 Å². The molecule has 4 heteroatoms. The first-order valence-corrected chi connectivity index (χ1v) is 6.65. The van der Waals surface area contributed by atoms with Crippen molar-refractivity contribution in [3.05, 3.63) is 17.8 Å². The van der Waals surface area contributed by atoms with Crippen LogP contribution in [0, 0.1) is 5.92 Å². The summed E-state index contributed by atoms with van der Waals surface area (Å²) in [6.07, 6.45) is 5.71. The maximum Gasteiger partial charge on any atom is 0.147 e. The molecule has 1 saturated carbocycles. The summed E-state index contributed by atoms with van der Waals surface area (Å²) in [7, 11) is 0. The van der Waals surface area contributed by atoms with Gasteiger partial charge in [0.25, 0.3) is 0 Å². The molecule has 2 aromatic rings. The lowest BCUT2D eigenvalue weighted by Crippen LogP contribution is -2.16. The normalized spacial score (nSPS) is 17.6. The van der Waals surface area contributed by atoms with Crippen molar-refractivity contribution >= 4 is 27.4 Å². The first kappa shape index (κ1) is 10.0. The SMILES string of the molecule is CC(CC1CC1)Nc1ncnc2ccsc12. The van der Waals surface area contributed by atoms with E-state index in [9.17, 15) is 0 Å². The maximum absolute atomic E-state index is 4.33. The molecule has 0 radical (unpaired) electrons. The van der Waals surface area contributed by atoms with Gasteiger partial charge in [0.1, 0.15) is 12.1 Å². The fourth-order valence-electron chi connectivity index (χ4n) is 2.04.